The smallest absolute Gasteiger partial charge is 0.247 e. The van der Waals surface area contributed by atoms with E-state index in [9.17, 15) is 14.4 Å². The van der Waals surface area contributed by atoms with Crippen molar-refractivity contribution in [3.05, 3.63) is 65.7 Å². The van der Waals surface area contributed by atoms with Crippen LogP contribution in [0.5, 0.6) is 11.5 Å². The highest BCUT2D eigenvalue weighted by molar-refractivity contribution is 6.32. The van der Waals surface area contributed by atoms with Gasteiger partial charge in [0, 0.05) is 5.69 Å². The summed E-state index contributed by atoms with van der Waals surface area (Å²) in [4.78, 5) is 39.1. The number of fused-ring (bicyclic) bond motifs is 1. The number of carbonyl (C=O) groups is 3. The largest absolute Gasteiger partial charge is 0.456 e. The minimum atomic E-state index is -0.880. The Balaban J connectivity index is 1.41. The fraction of sp³-hybridized carbons (Fsp3) is 0.261. The number of anilines is 1. The molecule has 0 aromatic heterocycles. The first-order valence-electron chi connectivity index (χ1n) is 9.81. The van der Waals surface area contributed by atoms with E-state index in [1.165, 1.54) is 0 Å². The molecule has 0 bridgehead atoms. The lowest BCUT2D eigenvalue weighted by atomic mass is 9.85. The van der Waals surface area contributed by atoms with Crippen molar-refractivity contribution in [2.45, 2.75) is 25.8 Å². The standard InChI is InChI=1S/C23H21ClN2O4/c1-14(26-22(28)17-6-2-3-7-18(17)23(26)29)21(27)25-15-10-12-16(13-11-15)30-20-9-5-4-8-19(20)24/h2-5,8-14,17-18H,6-7H2,1H3,(H,25,27)/t14-,17+,18+/m0/s1. The molecule has 2 aromatic carbocycles. The zero-order valence-electron chi connectivity index (χ0n) is 16.4. The normalized spacial score (nSPS) is 21.3. The fourth-order valence-electron chi connectivity index (χ4n) is 3.83. The van der Waals surface area contributed by atoms with Crippen LogP contribution in [0.15, 0.2) is 60.7 Å². The third-order valence-electron chi connectivity index (χ3n) is 5.49. The summed E-state index contributed by atoms with van der Waals surface area (Å²) in [5.41, 5.74) is 0.538. The minimum Gasteiger partial charge on any atom is -0.456 e. The first kappa shape index (κ1) is 20.2. The van der Waals surface area contributed by atoms with Crippen molar-refractivity contribution in [3.63, 3.8) is 0 Å². The van der Waals surface area contributed by atoms with Gasteiger partial charge in [-0.05, 0) is 56.2 Å². The van der Waals surface area contributed by atoms with Crippen LogP contribution in [0, 0.1) is 11.8 Å². The third kappa shape index (κ3) is 3.83. The second-order valence-corrected chi connectivity index (χ2v) is 7.83. The van der Waals surface area contributed by atoms with Gasteiger partial charge in [0.1, 0.15) is 17.5 Å². The highest BCUT2D eigenvalue weighted by Crippen LogP contribution is 2.36. The number of amides is 3. The van der Waals surface area contributed by atoms with Gasteiger partial charge < -0.3 is 10.1 Å². The molecule has 2 aromatic rings. The van der Waals surface area contributed by atoms with Gasteiger partial charge in [-0.2, -0.15) is 0 Å². The number of hydrogen-bond acceptors (Lipinski definition) is 4. The molecule has 1 aliphatic carbocycles. The van der Waals surface area contributed by atoms with Crippen LogP contribution in [0.4, 0.5) is 5.69 Å². The Morgan fingerprint density at radius 3 is 2.23 bits per heavy atom. The van der Waals surface area contributed by atoms with Gasteiger partial charge in [-0.1, -0.05) is 35.9 Å². The molecule has 0 saturated carbocycles. The van der Waals surface area contributed by atoms with Crippen LogP contribution in [0.25, 0.3) is 0 Å². The molecular weight excluding hydrogens is 404 g/mol. The first-order chi connectivity index (χ1) is 14.5. The number of ether oxygens (including phenoxy) is 1. The Morgan fingerprint density at radius 2 is 1.63 bits per heavy atom. The first-order valence-corrected chi connectivity index (χ1v) is 10.2. The Hall–Kier alpha value is -3.12. The molecule has 1 saturated heterocycles. The number of halogens is 1. The van der Waals surface area contributed by atoms with Gasteiger partial charge in [-0.25, -0.2) is 0 Å². The molecule has 7 heteroatoms. The van der Waals surface area contributed by atoms with Gasteiger partial charge in [-0.3, -0.25) is 19.3 Å². The van der Waals surface area contributed by atoms with Crippen LogP contribution in [-0.2, 0) is 14.4 Å². The van der Waals surface area contributed by atoms with E-state index in [0.29, 0.717) is 35.1 Å². The molecule has 0 radical (unpaired) electrons. The second-order valence-electron chi connectivity index (χ2n) is 7.42. The van der Waals surface area contributed by atoms with Crippen molar-refractivity contribution in [1.29, 1.82) is 0 Å². The Bertz CT molecular complexity index is 992. The van der Waals surface area contributed by atoms with Crippen molar-refractivity contribution >= 4 is 35.0 Å². The van der Waals surface area contributed by atoms with E-state index in [0.717, 1.165) is 4.90 Å². The van der Waals surface area contributed by atoms with E-state index in [2.05, 4.69) is 5.32 Å². The molecule has 3 atom stereocenters. The number of likely N-dealkylation sites (tertiary alicyclic amines) is 1. The molecule has 1 aliphatic heterocycles. The lowest BCUT2D eigenvalue weighted by molar-refractivity contribution is -0.146. The quantitative estimate of drug-likeness (QED) is 0.569. The summed E-state index contributed by atoms with van der Waals surface area (Å²) >= 11 is 6.09. The van der Waals surface area contributed by atoms with E-state index >= 15 is 0 Å². The molecular formula is C23H21ClN2O4. The lowest BCUT2D eigenvalue weighted by Gasteiger charge is -2.22. The van der Waals surface area contributed by atoms with Crippen molar-refractivity contribution in [2.75, 3.05) is 5.32 Å². The van der Waals surface area contributed by atoms with Gasteiger partial charge in [0.25, 0.3) is 0 Å². The highest BCUT2D eigenvalue weighted by atomic mass is 35.5. The summed E-state index contributed by atoms with van der Waals surface area (Å²) in [6.07, 6.45) is 4.94. The number of benzene rings is 2. The van der Waals surface area contributed by atoms with Gasteiger partial charge in [0.05, 0.1) is 16.9 Å². The van der Waals surface area contributed by atoms with Crippen molar-refractivity contribution in [1.82, 2.24) is 4.90 Å². The van der Waals surface area contributed by atoms with E-state index in [4.69, 9.17) is 16.3 Å². The Labute approximate surface area is 179 Å². The maximum Gasteiger partial charge on any atom is 0.247 e. The molecule has 4 rings (SSSR count). The Morgan fingerprint density at radius 1 is 1.03 bits per heavy atom. The van der Waals surface area contributed by atoms with Crippen molar-refractivity contribution in [3.8, 4) is 11.5 Å². The predicted molar refractivity (Wildman–Crippen MR) is 113 cm³/mol. The third-order valence-corrected chi connectivity index (χ3v) is 5.81. The van der Waals surface area contributed by atoms with E-state index < -0.39 is 11.9 Å². The molecule has 1 heterocycles. The van der Waals surface area contributed by atoms with Crippen LogP contribution in [0.2, 0.25) is 5.02 Å². The van der Waals surface area contributed by atoms with Crippen LogP contribution in [0.1, 0.15) is 19.8 Å². The summed E-state index contributed by atoms with van der Waals surface area (Å²) in [7, 11) is 0. The molecule has 6 nitrogen and oxygen atoms in total. The predicted octanol–water partition coefficient (Wildman–Crippen LogP) is 4.41. The molecule has 1 fully saturated rings. The van der Waals surface area contributed by atoms with E-state index in [1.54, 1.807) is 43.3 Å². The van der Waals surface area contributed by atoms with Crippen LogP contribution in [0.3, 0.4) is 0 Å². The topological polar surface area (TPSA) is 75.7 Å². The number of rotatable bonds is 5. The van der Waals surface area contributed by atoms with Crippen LogP contribution < -0.4 is 10.1 Å². The number of nitrogens with one attached hydrogen (secondary N) is 1. The number of para-hydroxylation sites is 1. The number of carbonyl (C=O) groups excluding carboxylic acids is 3. The SMILES string of the molecule is C[C@@H](C(=O)Nc1ccc(Oc2ccccc2Cl)cc1)N1C(=O)[C@@H]2CC=CC[C@H]2C1=O. The Kier molecular flexibility index (Phi) is 5.59. The maximum absolute atomic E-state index is 12.7. The van der Waals surface area contributed by atoms with Crippen LogP contribution in [-0.4, -0.2) is 28.7 Å². The second kappa shape index (κ2) is 8.32. The molecule has 3 amide bonds. The zero-order valence-corrected chi connectivity index (χ0v) is 17.1. The number of imide groups is 1. The molecule has 1 N–H and O–H groups in total. The van der Waals surface area contributed by atoms with E-state index in [1.807, 2.05) is 24.3 Å². The van der Waals surface area contributed by atoms with Gasteiger partial charge >= 0.3 is 0 Å². The average molecular weight is 425 g/mol. The summed E-state index contributed by atoms with van der Waals surface area (Å²) < 4.78 is 5.73. The fourth-order valence-corrected chi connectivity index (χ4v) is 4.01. The monoisotopic (exact) mass is 424 g/mol. The molecule has 0 spiro atoms. The summed E-state index contributed by atoms with van der Waals surface area (Å²) in [5.74, 6) is -0.538. The molecule has 2 aliphatic rings. The molecule has 0 unspecified atom stereocenters. The van der Waals surface area contributed by atoms with Crippen molar-refractivity contribution < 1.29 is 19.1 Å². The van der Waals surface area contributed by atoms with E-state index in [-0.39, 0.29) is 23.7 Å². The summed E-state index contributed by atoms with van der Waals surface area (Å²) in [6, 6.07) is 13.0. The highest BCUT2D eigenvalue weighted by Gasteiger charge is 2.50. The van der Waals surface area contributed by atoms with Gasteiger partial charge in [-0.15, -0.1) is 0 Å². The average Bonchev–Trinajstić information content (AvgIpc) is 3.01. The zero-order chi connectivity index (χ0) is 21.3. The minimum absolute atomic E-state index is 0.263. The van der Waals surface area contributed by atoms with Crippen molar-refractivity contribution in [2.24, 2.45) is 11.8 Å². The molecule has 154 valence electrons. The van der Waals surface area contributed by atoms with Gasteiger partial charge in [0.15, 0.2) is 0 Å². The number of hydrogen-bond donors (Lipinski definition) is 1. The molecule has 30 heavy (non-hydrogen) atoms. The number of allylic oxidation sites excluding steroid dienone is 2. The van der Waals surface area contributed by atoms with Gasteiger partial charge in [0.2, 0.25) is 17.7 Å². The number of nitrogens with zero attached hydrogens (tertiary/aromatic N) is 1. The van der Waals surface area contributed by atoms with Crippen LogP contribution >= 0.6 is 11.6 Å². The maximum atomic E-state index is 12.7. The summed E-state index contributed by atoms with van der Waals surface area (Å²) in [6.45, 7) is 1.57. The summed E-state index contributed by atoms with van der Waals surface area (Å²) in [5, 5.41) is 3.26. The lowest BCUT2D eigenvalue weighted by Crippen LogP contribution is -2.46.